The van der Waals surface area contributed by atoms with Gasteiger partial charge in [0.25, 0.3) is 0 Å². The molecule has 9 aromatic carbocycles. The van der Waals surface area contributed by atoms with Gasteiger partial charge in [0, 0.05) is 58.8 Å². The summed E-state index contributed by atoms with van der Waals surface area (Å²) in [4.78, 5) is 2.37. The molecule has 12 rings (SSSR count). The van der Waals surface area contributed by atoms with Crippen LogP contribution in [-0.2, 0) is 0 Å². The lowest BCUT2D eigenvalue weighted by Gasteiger charge is -2.26. The van der Waals surface area contributed by atoms with Crippen LogP contribution in [0.25, 0.3) is 91.5 Å². The molecule has 0 radical (unpaired) electrons. The number of para-hydroxylation sites is 4. The van der Waals surface area contributed by atoms with Crippen molar-refractivity contribution in [3.63, 3.8) is 0 Å². The number of hydrogen-bond acceptors (Lipinski definition) is 3. The van der Waals surface area contributed by atoms with Crippen LogP contribution in [0.15, 0.2) is 199 Å². The molecule has 0 aliphatic rings. The van der Waals surface area contributed by atoms with Crippen LogP contribution in [-0.4, -0.2) is 4.57 Å². The van der Waals surface area contributed by atoms with Gasteiger partial charge in [0.2, 0.25) is 0 Å². The van der Waals surface area contributed by atoms with Crippen LogP contribution in [0, 0.1) is 0 Å². The predicted octanol–water partition coefficient (Wildman–Crippen LogP) is 15.3. The summed E-state index contributed by atoms with van der Waals surface area (Å²) in [6.07, 6.45) is 0. The molecule has 0 fully saturated rings. The van der Waals surface area contributed by atoms with E-state index in [0.29, 0.717) is 0 Å². The number of rotatable bonds is 5. The number of aromatic nitrogens is 1. The van der Waals surface area contributed by atoms with Crippen molar-refractivity contribution in [2.75, 3.05) is 4.90 Å². The first-order valence-electron chi connectivity index (χ1n) is 19.0. The van der Waals surface area contributed by atoms with Crippen LogP contribution >= 0.6 is 11.3 Å². The number of furan rings is 1. The zero-order valence-corrected chi connectivity index (χ0v) is 31.0. The van der Waals surface area contributed by atoms with Gasteiger partial charge in [-0.1, -0.05) is 121 Å². The van der Waals surface area contributed by atoms with Crippen molar-refractivity contribution in [1.29, 1.82) is 0 Å². The van der Waals surface area contributed by atoms with Crippen LogP contribution in [0.2, 0.25) is 0 Å². The van der Waals surface area contributed by atoms with Crippen molar-refractivity contribution in [1.82, 2.24) is 4.57 Å². The molecule has 3 heterocycles. The third-order valence-corrected chi connectivity index (χ3v) is 12.5. The van der Waals surface area contributed by atoms with Crippen LogP contribution in [0.4, 0.5) is 17.1 Å². The highest BCUT2D eigenvalue weighted by atomic mass is 32.1. The monoisotopic (exact) mass is 732 g/mol. The lowest BCUT2D eigenvalue weighted by atomic mass is 9.99. The van der Waals surface area contributed by atoms with Crippen molar-refractivity contribution in [2.24, 2.45) is 0 Å². The lowest BCUT2D eigenvalue weighted by molar-refractivity contribution is 0.669. The summed E-state index contributed by atoms with van der Waals surface area (Å²) < 4.78 is 11.6. The van der Waals surface area contributed by atoms with E-state index in [1.165, 1.54) is 63.9 Å². The van der Waals surface area contributed by atoms with E-state index in [0.717, 1.165) is 44.7 Å². The van der Waals surface area contributed by atoms with Crippen molar-refractivity contribution in [3.8, 4) is 16.8 Å². The second-order valence-corrected chi connectivity index (χ2v) is 15.6. The average Bonchev–Trinajstić information content (AvgIpc) is 3.93. The van der Waals surface area contributed by atoms with Crippen LogP contribution < -0.4 is 4.90 Å². The number of hydrogen-bond donors (Lipinski definition) is 0. The fourth-order valence-corrected chi connectivity index (χ4v) is 9.89. The van der Waals surface area contributed by atoms with E-state index in [1.807, 2.05) is 17.4 Å². The van der Waals surface area contributed by atoms with E-state index in [2.05, 4.69) is 198 Å². The Morgan fingerprint density at radius 1 is 0.411 bits per heavy atom. The molecule has 3 nitrogen and oxygen atoms in total. The Morgan fingerprint density at radius 2 is 1.07 bits per heavy atom. The van der Waals surface area contributed by atoms with Crippen molar-refractivity contribution >= 4 is 103 Å². The van der Waals surface area contributed by atoms with Crippen LogP contribution in [0.3, 0.4) is 0 Å². The maximum Gasteiger partial charge on any atom is 0.159 e. The minimum Gasteiger partial charge on any atom is -0.454 e. The predicted molar refractivity (Wildman–Crippen MR) is 239 cm³/mol. The molecule has 0 aliphatic carbocycles. The van der Waals surface area contributed by atoms with E-state index in [1.54, 1.807) is 0 Å². The molecule has 4 heteroatoms. The Labute approximate surface area is 326 Å². The summed E-state index contributed by atoms with van der Waals surface area (Å²) in [5, 5.41) is 9.69. The third kappa shape index (κ3) is 4.76. The summed E-state index contributed by atoms with van der Waals surface area (Å²) >= 11 is 1.84. The maximum atomic E-state index is 6.66. The highest BCUT2D eigenvalue weighted by Gasteiger charge is 2.21. The van der Waals surface area contributed by atoms with Crippen LogP contribution in [0.1, 0.15) is 0 Å². The molecule has 0 amide bonds. The normalized spacial score (nSPS) is 11.9. The quantitative estimate of drug-likeness (QED) is 0.176. The largest absolute Gasteiger partial charge is 0.454 e. The van der Waals surface area contributed by atoms with Gasteiger partial charge in [-0.05, 0) is 94.7 Å². The zero-order valence-electron chi connectivity index (χ0n) is 30.2. The summed E-state index contributed by atoms with van der Waals surface area (Å²) in [6.45, 7) is 0. The average molecular weight is 733 g/mol. The van der Waals surface area contributed by atoms with Crippen molar-refractivity contribution in [3.05, 3.63) is 194 Å². The van der Waals surface area contributed by atoms with Crippen molar-refractivity contribution < 1.29 is 4.42 Å². The third-order valence-electron chi connectivity index (χ3n) is 11.3. The first-order chi connectivity index (χ1) is 27.7. The van der Waals surface area contributed by atoms with E-state index >= 15 is 0 Å². The SMILES string of the molecule is c1ccc(-n2c3ccccc3c3ccc(-c4ccc5ccc(N(c6ccc7c(c6)sc6ccccc67)c6cccc7c6oc6ccccc67)cc5c4)cc32)cc1. The van der Waals surface area contributed by atoms with E-state index in [9.17, 15) is 0 Å². The Bertz CT molecular complexity index is 3500. The molecule has 56 heavy (non-hydrogen) atoms. The highest BCUT2D eigenvalue weighted by molar-refractivity contribution is 7.25. The molecule has 0 atom stereocenters. The maximum absolute atomic E-state index is 6.66. The van der Waals surface area contributed by atoms with Gasteiger partial charge in [0.1, 0.15) is 5.58 Å². The topological polar surface area (TPSA) is 21.3 Å². The number of fused-ring (bicyclic) bond motifs is 10. The molecular formula is C52H32N2OS. The molecule has 0 spiro atoms. The molecule has 12 aromatic rings. The molecule has 0 saturated heterocycles. The molecule has 0 aliphatic heterocycles. The Kier molecular flexibility index (Phi) is 6.80. The minimum absolute atomic E-state index is 0.876. The molecule has 0 bridgehead atoms. The second kappa shape index (κ2) is 12.2. The number of thiophene rings is 1. The van der Waals surface area contributed by atoms with Gasteiger partial charge < -0.3 is 13.9 Å². The molecule has 0 N–H and O–H groups in total. The summed E-state index contributed by atoms with van der Waals surface area (Å²) in [5.74, 6) is 0. The highest BCUT2D eigenvalue weighted by Crippen LogP contribution is 2.45. The Morgan fingerprint density at radius 3 is 2.00 bits per heavy atom. The van der Waals surface area contributed by atoms with Crippen LogP contribution in [0.5, 0.6) is 0 Å². The van der Waals surface area contributed by atoms with E-state index in [-0.39, 0.29) is 0 Å². The van der Waals surface area contributed by atoms with E-state index < -0.39 is 0 Å². The molecule has 3 aromatic heterocycles. The summed E-state index contributed by atoms with van der Waals surface area (Å²) in [5.41, 5.74) is 10.9. The molecule has 262 valence electrons. The smallest absolute Gasteiger partial charge is 0.159 e. The number of anilines is 3. The fourth-order valence-electron chi connectivity index (χ4n) is 8.75. The van der Waals surface area contributed by atoms with Gasteiger partial charge in [0.15, 0.2) is 5.58 Å². The Balaban J connectivity index is 1.05. The number of benzene rings is 9. The summed E-state index contributed by atoms with van der Waals surface area (Å²) in [7, 11) is 0. The van der Waals surface area contributed by atoms with Gasteiger partial charge in [-0.3, -0.25) is 0 Å². The first kappa shape index (κ1) is 31.2. The minimum atomic E-state index is 0.876. The van der Waals surface area contributed by atoms with Crippen molar-refractivity contribution in [2.45, 2.75) is 0 Å². The van der Waals surface area contributed by atoms with Gasteiger partial charge in [-0.25, -0.2) is 0 Å². The Hall–Kier alpha value is -7.14. The molecule has 0 unspecified atom stereocenters. The van der Waals surface area contributed by atoms with Gasteiger partial charge >= 0.3 is 0 Å². The summed E-state index contributed by atoms with van der Waals surface area (Å²) in [6, 6.07) is 70.3. The fraction of sp³-hybridized carbons (Fsp3) is 0. The zero-order chi connectivity index (χ0) is 36.7. The number of nitrogens with zero attached hydrogens (tertiary/aromatic N) is 2. The standard InChI is InChI=1S/C52H32N2OS/c1-2-11-37(12-3-1)54-46-17-7-4-13-40(46)41-27-24-35(31-48(41)54)34-22-21-33-23-25-38(30-36(33)29-34)53(39-26-28-44-43-15-6-9-20-50(43)56-51(44)32-39)47-18-10-16-45-42-14-5-8-19-49(42)55-52(45)47/h1-32H. The molecular weight excluding hydrogens is 701 g/mol. The van der Waals surface area contributed by atoms with Gasteiger partial charge in [-0.15, -0.1) is 11.3 Å². The lowest BCUT2D eigenvalue weighted by Crippen LogP contribution is -2.10. The second-order valence-electron chi connectivity index (χ2n) is 14.5. The van der Waals surface area contributed by atoms with E-state index in [4.69, 9.17) is 4.42 Å². The van der Waals surface area contributed by atoms with Gasteiger partial charge in [0.05, 0.1) is 16.7 Å². The molecule has 0 saturated carbocycles. The van der Waals surface area contributed by atoms with Gasteiger partial charge in [-0.2, -0.15) is 0 Å². The first-order valence-corrected chi connectivity index (χ1v) is 19.8.